The van der Waals surface area contributed by atoms with Crippen LogP contribution in [0.2, 0.25) is 0 Å². The maximum atomic E-state index is 11.9. The molecule has 16 heavy (non-hydrogen) atoms. The van der Waals surface area contributed by atoms with E-state index >= 15 is 0 Å². The molecule has 88 valence electrons. The Morgan fingerprint density at radius 2 is 1.69 bits per heavy atom. The SMILES string of the molecule is C=C(c1ccccc1)S(=O)(=O)NC(C)(C)C. The molecule has 0 saturated heterocycles. The van der Waals surface area contributed by atoms with Gasteiger partial charge < -0.3 is 0 Å². The first-order valence-corrected chi connectivity index (χ1v) is 6.49. The summed E-state index contributed by atoms with van der Waals surface area (Å²) in [6.07, 6.45) is 0. The molecule has 0 aliphatic rings. The highest BCUT2D eigenvalue weighted by Crippen LogP contribution is 2.19. The zero-order chi connectivity index (χ0) is 12.4. The topological polar surface area (TPSA) is 46.2 Å². The van der Waals surface area contributed by atoms with Crippen LogP contribution in [0.5, 0.6) is 0 Å². The lowest BCUT2D eigenvalue weighted by Gasteiger charge is -2.21. The van der Waals surface area contributed by atoms with E-state index in [1.54, 1.807) is 45.0 Å². The van der Waals surface area contributed by atoms with Gasteiger partial charge in [0.25, 0.3) is 0 Å². The fourth-order valence-electron chi connectivity index (χ4n) is 1.24. The summed E-state index contributed by atoms with van der Waals surface area (Å²) >= 11 is 0. The number of nitrogens with one attached hydrogen (secondary N) is 1. The van der Waals surface area contributed by atoms with Crippen LogP contribution in [-0.4, -0.2) is 14.0 Å². The number of benzene rings is 1. The van der Waals surface area contributed by atoms with Gasteiger partial charge in [0.15, 0.2) is 0 Å². The smallest absolute Gasteiger partial charge is 0.207 e. The summed E-state index contributed by atoms with van der Waals surface area (Å²) in [7, 11) is -3.52. The quantitative estimate of drug-likeness (QED) is 0.880. The van der Waals surface area contributed by atoms with E-state index in [9.17, 15) is 8.42 Å². The van der Waals surface area contributed by atoms with Gasteiger partial charge in [-0.05, 0) is 26.3 Å². The molecule has 0 fully saturated rings. The second kappa shape index (κ2) is 4.39. The molecule has 0 bridgehead atoms. The van der Waals surface area contributed by atoms with Gasteiger partial charge in [0, 0.05) is 5.54 Å². The van der Waals surface area contributed by atoms with Crippen molar-refractivity contribution >= 4 is 14.9 Å². The molecule has 1 rings (SSSR count). The third kappa shape index (κ3) is 3.47. The average molecular weight is 239 g/mol. The molecule has 0 aromatic heterocycles. The van der Waals surface area contributed by atoms with Crippen LogP contribution in [0.1, 0.15) is 26.3 Å². The molecule has 0 aliphatic carbocycles. The van der Waals surface area contributed by atoms with Crippen LogP contribution in [-0.2, 0) is 10.0 Å². The molecule has 0 heterocycles. The highest BCUT2D eigenvalue weighted by Gasteiger charge is 2.23. The second-order valence-corrected chi connectivity index (χ2v) is 6.35. The van der Waals surface area contributed by atoms with E-state index in [1.807, 2.05) is 6.07 Å². The lowest BCUT2D eigenvalue weighted by atomic mass is 10.1. The van der Waals surface area contributed by atoms with Gasteiger partial charge in [0.1, 0.15) is 0 Å². The van der Waals surface area contributed by atoms with Gasteiger partial charge in [-0.1, -0.05) is 36.9 Å². The first-order valence-electron chi connectivity index (χ1n) is 5.01. The van der Waals surface area contributed by atoms with Crippen LogP contribution in [0.3, 0.4) is 0 Å². The summed E-state index contributed by atoms with van der Waals surface area (Å²) in [6.45, 7) is 9.01. The van der Waals surface area contributed by atoms with Gasteiger partial charge in [-0.15, -0.1) is 0 Å². The summed E-state index contributed by atoms with van der Waals surface area (Å²) in [5.41, 5.74) is 0.107. The molecule has 4 heteroatoms. The minimum Gasteiger partial charge on any atom is -0.207 e. The number of hydrogen-bond acceptors (Lipinski definition) is 2. The minimum atomic E-state index is -3.52. The molecule has 0 aliphatic heterocycles. The van der Waals surface area contributed by atoms with Crippen molar-refractivity contribution in [1.82, 2.24) is 4.72 Å². The van der Waals surface area contributed by atoms with Crippen molar-refractivity contribution in [2.24, 2.45) is 0 Å². The van der Waals surface area contributed by atoms with Gasteiger partial charge in [-0.25, -0.2) is 13.1 Å². The number of sulfonamides is 1. The van der Waals surface area contributed by atoms with Crippen LogP contribution in [0.15, 0.2) is 36.9 Å². The van der Waals surface area contributed by atoms with Crippen LogP contribution >= 0.6 is 0 Å². The summed E-state index contributed by atoms with van der Waals surface area (Å²) < 4.78 is 26.4. The minimum absolute atomic E-state index is 0.100. The lowest BCUT2D eigenvalue weighted by Crippen LogP contribution is -2.40. The molecular weight excluding hydrogens is 222 g/mol. The van der Waals surface area contributed by atoms with Gasteiger partial charge in [0.2, 0.25) is 10.0 Å². The molecule has 1 N–H and O–H groups in total. The molecular formula is C12H17NO2S. The van der Waals surface area contributed by atoms with Crippen molar-refractivity contribution in [3.63, 3.8) is 0 Å². The average Bonchev–Trinajstić information content (AvgIpc) is 2.14. The number of hydrogen-bond donors (Lipinski definition) is 1. The Morgan fingerprint density at radius 3 is 2.12 bits per heavy atom. The van der Waals surface area contributed by atoms with Crippen molar-refractivity contribution in [2.45, 2.75) is 26.3 Å². The largest absolute Gasteiger partial charge is 0.241 e. The normalized spacial score (nSPS) is 12.4. The highest BCUT2D eigenvalue weighted by atomic mass is 32.2. The van der Waals surface area contributed by atoms with Crippen molar-refractivity contribution in [3.8, 4) is 0 Å². The van der Waals surface area contributed by atoms with E-state index in [1.165, 1.54) is 0 Å². The molecule has 0 atom stereocenters. The summed E-state index contributed by atoms with van der Waals surface area (Å²) in [6, 6.07) is 8.86. The van der Waals surface area contributed by atoms with E-state index in [2.05, 4.69) is 11.3 Å². The Balaban J connectivity index is 2.99. The van der Waals surface area contributed by atoms with Crippen molar-refractivity contribution in [1.29, 1.82) is 0 Å². The molecule has 0 amide bonds. The van der Waals surface area contributed by atoms with E-state index in [0.717, 1.165) is 0 Å². The first-order chi connectivity index (χ1) is 7.22. The predicted octanol–water partition coefficient (Wildman–Crippen LogP) is 2.38. The zero-order valence-electron chi connectivity index (χ0n) is 9.82. The molecule has 1 aromatic carbocycles. The van der Waals surface area contributed by atoms with Crippen LogP contribution < -0.4 is 4.72 Å². The summed E-state index contributed by atoms with van der Waals surface area (Å²) in [5.74, 6) is 0. The predicted molar refractivity (Wildman–Crippen MR) is 67.3 cm³/mol. The Morgan fingerprint density at radius 1 is 1.19 bits per heavy atom. The molecule has 0 spiro atoms. The fraction of sp³-hybridized carbons (Fsp3) is 0.333. The molecule has 0 saturated carbocycles. The van der Waals surface area contributed by atoms with Gasteiger partial charge in [-0.2, -0.15) is 0 Å². The monoisotopic (exact) mass is 239 g/mol. The van der Waals surface area contributed by atoms with Gasteiger partial charge in [-0.3, -0.25) is 0 Å². The second-order valence-electron chi connectivity index (χ2n) is 4.64. The van der Waals surface area contributed by atoms with E-state index in [4.69, 9.17) is 0 Å². The van der Waals surface area contributed by atoms with Gasteiger partial charge in [0.05, 0.1) is 4.91 Å². The fourth-order valence-corrected chi connectivity index (χ4v) is 2.62. The first kappa shape index (κ1) is 12.9. The molecule has 1 aromatic rings. The number of rotatable bonds is 3. The van der Waals surface area contributed by atoms with E-state index in [0.29, 0.717) is 5.56 Å². The van der Waals surface area contributed by atoms with Crippen LogP contribution in [0, 0.1) is 0 Å². The Bertz CT molecular complexity index is 469. The maximum Gasteiger partial charge on any atom is 0.241 e. The van der Waals surface area contributed by atoms with Crippen LogP contribution in [0.25, 0.3) is 4.91 Å². The third-order valence-corrected chi connectivity index (χ3v) is 3.63. The maximum absolute atomic E-state index is 11.9. The molecule has 0 unspecified atom stereocenters. The van der Waals surface area contributed by atoms with Crippen molar-refractivity contribution in [3.05, 3.63) is 42.5 Å². The van der Waals surface area contributed by atoms with Gasteiger partial charge >= 0.3 is 0 Å². The van der Waals surface area contributed by atoms with E-state index < -0.39 is 15.6 Å². The van der Waals surface area contributed by atoms with Crippen molar-refractivity contribution < 1.29 is 8.42 Å². The molecule has 0 radical (unpaired) electrons. The van der Waals surface area contributed by atoms with Crippen LogP contribution in [0.4, 0.5) is 0 Å². The summed E-state index contributed by atoms with van der Waals surface area (Å²) in [5, 5.41) is 0. The van der Waals surface area contributed by atoms with E-state index in [-0.39, 0.29) is 4.91 Å². The Labute approximate surface area is 97.2 Å². The lowest BCUT2D eigenvalue weighted by molar-refractivity contribution is 0.497. The zero-order valence-corrected chi connectivity index (χ0v) is 10.6. The Kier molecular flexibility index (Phi) is 3.55. The third-order valence-electron chi connectivity index (χ3n) is 1.86. The highest BCUT2D eigenvalue weighted by molar-refractivity contribution is 7.98. The van der Waals surface area contributed by atoms with Crippen molar-refractivity contribution in [2.75, 3.05) is 0 Å². The standard InChI is InChI=1S/C12H17NO2S/c1-10(11-8-6-5-7-9-11)16(14,15)13-12(2,3)4/h5-9,13H,1H2,2-4H3. The Hall–Kier alpha value is -1.13. The summed E-state index contributed by atoms with van der Waals surface area (Å²) in [4.78, 5) is 0.100. The molecule has 3 nitrogen and oxygen atoms in total.